The second kappa shape index (κ2) is 32.6. The number of carbonyl (C=O) groups excluding carboxylic acids is 2. The third kappa shape index (κ3) is 35.5. The van der Waals surface area contributed by atoms with Crippen LogP contribution in [-0.2, 0) is 32.7 Å². The van der Waals surface area contributed by atoms with Gasteiger partial charge in [0.2, 0.25) is 0 Å². The van der Waals surface area contributed by atoms with E-state index in [4.69, 9.17) is 18.5 Å². The Balaban J connectivity index is 4.55. The molecule has 50 heavy (non-hydrogen) atoms. The van der Waals surface area contributed by atoms with E-state index in [0.29, 0.717) is 17.4 Å². The molecule has 0 saturated carbocycles. The highest BCUT2D eigenvalue weighted by atomic mass is 31.2. The molecule has 0 aromatic heterocycles. The number of hydrogen-bond donors (Lipinski definition) is 1. The molecule has 0 radical (unpaired) electrons. The minimum absolute atomic E-state index is 0.0195. The predicted molar refractivity (Wildman–Crippen MR) is 206 cm³/mol. The fourth-order valence-electron chi connectivity index (χ4n) is 4.51. The Labute approximate surface area is 305 Å². The molecule has 1 N–H and O–H groups in total. The average molecular weight is 725 g/mol. The van der Waals surface area contributed by atoms with Crippen LogP contribution in [0.3, 0.4) is 0 Å². The maximum absolute atomic E-state index is 12.6. The van der Waals surface area contributed by atoms with Crippen LogP contribution in [0, 0.1) is 0 Å². The summed E-state index contributed by atoms with van der Waals surface area (Å²) in [7, 11) is 1.43. The molecule has 0 fully saturated rings. The molecule has 0 aromatic rings. The molecule has 0 saturated heterocycles. The van der Waals surface area contributed by atoms with Gasteiger partial charge in [0.05, 0.1) is 27.7 Å². The van der Waals surface area contributed by atoms with Gasteiger partial charge in [-0.05, 0) is 70.6 Å². The molecule has 0 aliphatic heterocycles. The summed E-state index contributed by atoms with van der Waals surface area (Å²) in [6, 6.07) is 0. The molecule has 0 aliphatic carbocycles. The average Bonchev–Trinajstić information content (AvgIpc) is 3.06. The highest BCUT2D eigenvalue weighted by molar-refractivity contribution is 7.47. The summed E-state index contributed by atoms with van der Waals surface area (Å²) in [6.45, 7) is 4.17. The second-order valence-electron chi connectivity index (χ2n) is 13.6. The number of rotatable bonds is 33. The van der Waals surface area contributed by atoms with Gasteiger partial charge in [-0.1, -0.05) is 107 Å². The molecule has 2 atom stereocenters. The lowest BCUT2D eigenvalue weighted by Gasteiger charge is -2.24. The van der Waals surface area contributed by atoms with Crippen molar-refractivity contribution in [3.63, 3.8) is 0 Å². The van der Waals surface area contributed by atoms with Gasteiger partial charge in [-0.2, -0.15) is 0 Å². The van der Waals surface area contributed by atoms with E-state index in [9.17, 15) is 19.0 Å². The van der Waals surface area contributed by atoms with Crippen molar-refractivity contribution in [3.05, 3.63) is 60.8 Å². The minimum Gasteiger partial charge on any atom is -0.462 e. The van der Waals surface area contributed by atoms with Crippen LogP contribution in [0.4, 0.5) is 0 Å². The maximum Gasteiger partial charge on any atom is 0.472 e. The smallest absolute Gasteiger partial charge is 0.462 e. The first-order chi connectivity index (χ1) is 24.0. The fraction of sp³-hybridized carbons (Fsp3) is 0.700. The predicted octanol–water partition coefficient (Wildman–Crippen LogP) is 10.1. The molecule has 1 unspecified atom stereocenters. The summed E-state index contributed by atoms with van der Waals surface area (Å²) in [5, 5.41) is 0. The largest absolute Gasteiger partial charge is 0.472 e. The Kier molecular flexibility index (Phi) is 31.1. The zero-order valence-corrected chi connectivity index (χ0v) is 33.0. The zero-order chi connectivity index (χ0) is 37.2. The van der Waals surface area contributed by atoms with Gasteiger partial charge >= 0.3 is 19.8 Å². The van der Waals surface area contributed by atoms with Gasteiger partial charge < -0.3 is 18.9 Å². The Hall–Kier alpha value is -2.29. The highest BCUT2D eigenvalue weighted by Crippen LogP contribution is 2.43. The Bertz CT molecular complexity index is 1040. The summed E-state index contributed by atoms with van der Waals surface area (Å²) in [5.74, 6) is -0.868. The standard InChI is InChI=1S/C40H70NO8P/c1-6-8-10-12-14-16-18-19-20-21-23-25-27-29-31-33-40(43)49-38(37-48-50(44,45)47-35-34-41(3,4)5)36-46-39(42)32-30-28-26-24-22-17-15-13-11-9-7-2/h8,10,13-16,19-20,23,25,38H,6-7,9,11-12,17-18,21-22,24,26-37H2,1-5H3/p+1/b10-8+,15-13+,16-14+,20-19+,25-23+/t38-/m1/s1. The lowest BCUT2D eigenvalue weighted by atomic mass is 10.1. The molecule has 0 bridgehead atoms. The number of quaternary nitrogens is 1. The Morgan fingerprint density at radius 3 is 1.76 bits per heavy atom. The van der Waals surface area contributed by atoms with Gasteiger partial charge in [0.15, 0.2) is 6.10 Å². The highest BCUT2D eigenvalue weighted by Gasteiger charge is 2.27. The van der Waals surface area contributed by atoms with Crippen LogP contribution in [-0.4, -0.2) is 74.9 Å². The molecule has 0 aromatic carbocycles. The van der Waals surface area contributed by atoms with Crippen LogP contribution in [0.1, 0.15) is 129 Å². The van der Waals surface area contributed by atoms with Crippen LogP contribution >= 0.6 is 7.82 Å². The van der Waals surface area contributed by atoms with Crippen molar-refractivity contribution in [1.82, 2.24) is 0 Å². The Morgan fingerprint density at radius 2 is 1.14 bits per heavy atom. The number of phosphoric ester groups is 1. The van der Waals surface area contributed by atoms with Crippen LogP contribution < -0.4 is 0 Å². The van der Waals surface area contributed by atoms with Gasteiger partial charge in [0.1, 0.15) is 19.8 Å². The molecule has 9 nitrogen and oxygen atoms in total. The van der Waals surface area contributed by atoms with E-state index >= 15 is 0 Å². The lowest BCUT2D eigenvalue weighted by Crippen LogP contribution is -2.37. The van der Waals surface area contributed by atoms with Crippen molar-refractivity contribution < 1.29 is 42.1 Å². The number of phosphoric acid groups is 1. The zero-order valence-electron chi connectivity index (χ0n) is 32.1. The summed E-state index contributed by atoms with van der Waals surface area (Å²) < 4.78 is 34.1. The van der Waals surface area contributed by atoms with Gasteiger partial charge in [0.25, 0.3) is 0 Å². The Morgan fingerprint density at radius 1 is 0.640 bits per heavy atom. The number of nitrogens with zero attached hydrogens (tertiary/aromatic N) is 1. The molecule has 288 valence electrons. The van der Waals surface area contributed by atoms with Crippen molar-refractivity contribution in [2.24, 2.45) is 0 Å². The summed E-state index contributed by atoms with van der Waals surface area (Å²) in [5.41, 5.74) is 0. The number of esters is 2. The monoisotopic (exact) mass is 724 g/mol. The van der Waals surface area contributed by atoms with Gasteiger partial charge in [-0.15, -0.1) is 0 Å². The van der Waals surface area contributed by atoms with Crippen LogP contribution in [0.25, 0.3) is 0 Å². The van der Waals surface area contributed by atoms with Crippen molar-refractivity contribution >= 4 is 19.8 Å². The van der Waals surface area contributed by atoms with Crippen LogP contribution in [0.15, 0.2) is 60.8 Å². The van der Waals surface area contributed by atoms with E-state index < -0.39 is 32.5 Å². The topological polar surface area (TPSA) is 108 Å². The first kappa shape index (κ1) is 47.7. The minimum atomic E-state index is -4.38. The number of ether oxygens (including phenoxy) is 2. The number of allylic oxidation sites excluding steroid dienone is 10. The van der Waals surface area contributed by atoms with Gasteiger partial charge in [-0.25, -0.2) is 4.57 Å². The maximum atomic E-state index is 12.6. The molecule has 0 rings (SSSR count). The first-order valence-electron chi connectivity index (χ1n) is 19.0. The number of hydrogen-bond acceptors (Lipinski definition) is 7. The van der Waals surface area contributed by atoms with Gasteiger partial charge in [-0.3, -0.25) is 18.6 Å². The van der Waals surface area contributed by atoms with E-state index in [-0.39, 0.29) is 26.1 Å². The molecule has 0 amide bonds. The molecular formula is C40H71NO8P+. The first-order valence-corrected chi connectivity index (χ1v) is 20.5. The third-order valence-corrected chi connectivity index (χ3v) is 8.52. The SMILES string of the molecule is CC/C=C/C/C=C/C/C=C/C/C=C/CCCCC(=O)O[C@H](COC(=O)CCCCCCC/C=C/CCCC)COP(=O)(O)OCC[N+](C)(C)C. The number of carbonyl (C=O) groups is 2. The van der Waals surface area contributed by atoms with E-state index in [1.165, 1.54) is 12.8 Å². The summed E-state index contributed by atoms with van der Waals surface area (Å²) in [4.78, 5) is 35.1. The normalized spacial score (nSPS) is 14.4. The molecule has 0 heterocycles. The van der Waals surface area contributed by atoms with E-state index in [1.807, 2.05) is 21.1 Å². The van der Waals surface area contributed by atoms with Crippen molar-refractivity contribution in [2.75, 3.05) is 47.5 Å². The van der Waals surface area contributed by atoms with Crippen LogP contribution in [0.5, 0.6) is 0 Å². The van der Waals surface area contributed by atoms with Gasteiger partial charge in [0, 0.05) is 12.8 Å². The molecule has 0 aliphatic rings. The third-order valence-electron chi connectivity index (χ3n) is 7.53. The number of unbranched alkanes of at least 4 members (excludes halogenated alkanes) is 9. The van der Waals surface area contributed by atoms with E-state index in [0.717, 1.165) is 83.5 Å². The number of likely N-dealkylation sites (N-methyl/N-ethyl adjacent to an activating group) is 1. The van der Waals surface area contributed by atoms with E-state index in [2.05, 4.69) is 74.6 Å². The van der Waals surface area contributed by atoms with Crippen molar-refractivity contribution in [3.8, 4) is 0 Å². The molecule has 10 heteroatoms. The molecule has 0 spiro atoms. The summed E-state index contributed by atoms with van der Waals surface area (Å²) >= 11 is 0. The van der Waals surface area contributed by atoms with Crippen LogP contribution in [0.2, 0.25) is 0 Å². The lowest BCUT2D eigenvalue weighted by molar-refractivity contribution is -0.870. The van der Waals surface area contributed by atoms with E-state index in [1.54, 1.807) is 0 Å². The molecular weight excluding hydrogens is 653 g/mol. The van der Waals surface area contributed by atoms with Crippen molar-refractivity contribution in [1.29, 1.82) is 0 Å². The second-order valence-corrected chi connectivity index (χ2v) is 15.0. The fourth-order valence-corrected chi connectivity index (χ4v) is 5.25. The summed E-state index contributed by atoms with van der Waals surface area (Å²) in [6.07, 6.45) is 37.0. The van der Waals surface area contributed by atoms with Crippen molar-refractivity contribution in [2.45, 2.75) is 136 Å². The quantitative estimate of drug-likeness (QED) is 0.0234.